The molecule has 0 saturated carbocycles. The second-order valence-corrected chi connectivity index (χ2v) is 38.8. The molecule has 0 spiro atoms. The van der Waals surface area contributed by atoms with Crippen LogP contribution in [0, 0.1) is 6.92 Å². The summed E-state index contributed by atoms with van der Waals surface area (Å²) >= 11 is 7.45. The number of nitrogens with zero attached hydrogens (tertiary/aromatic N) is 15. The summed E-state index contributed by atoms with van der Waals surface area (Å²) < 4.78 is 86.5. The van der Waals surface area contributed by atoms with Crippen molar-refractivity contribution >= 4 is 148 Å². The van der Waals surface area contributed by atoms with E-state index in [9.17, 15) is 68.4 Å². The average Bonchev–Trinajstić information content (AvgIpc) is 1.05. The van der Waals surface area contributed by atoms with E-state index in [0.29, 0.717) is 194 Å². The van der Waals surface area contributed by atoms with Crippen molar-refractivity contribution in [3.63, 3.8) is 0 Å². The quantitative estimate of drug-likeness (QED) is 0.0769. The number of piperazine rings is 4. The highest BCUT2D eigenvalue weighted by Crippen LogP contribution is 2.38. The van der Waals surface area contributed by atoms with Crippen LogP contribution in [0.15, 0.2) is 215 Å². The molecule has 666 valence electrons. The van der Waals surface area contributed by atoms with Crippen molar-refractivity contribution in [1.82, 2.24) is 52.7 Å². The number of esters is 1. The highest BCUT2D eigenvalue weighted by atomic mass is 35.5. The number of fused-ring (bicyclic) bond motifs is 4. The number of aryl methyl sites for hydroxylation is 5. The lowest BCUT2D eigenvalue weighted by molar-refractivity contribution is 0.0522. The van der Waals surface area contributed by atoms with E-state index in [1.54, 1.807) is 138 Å². The zero-order chi connectivity index (χ0) is 91.1. The SMILES string of the molecule is CCOC(=O)c1c(N2CCN(C(=O)c3ccc(Cl)cc3)CC2)c2cc(C)ccc2n(CCCN(C)C)c1=O.Cn1c(=O)c(S(C)(=O)=O)c(N2CCN(C(=O)c3cccnc3)CC2)c2ccccc21.Cn1c(=O)c(S(C)(=O)=O)c(N2CCN(C(=O)c3ccncc3)CC2)c2ccccc21.Cn1c(=O)c(S(C)(=O)=O)c(N2CCN(C(=O)c3ccsc3)CC2)c2ccccc21. The molecule has 0 atom stereocenters. The molecule has 16 rings (SSSR count). The van der Waals surface area contributed by atoms with E-state index in [4.69, 9.17) is 16.3 Å². The number of benzene rings is 5. The highest BCUT2D eigenvalue weighted by molar-refractivity contribution is 7.91. The van der Waals surface area contributed by atoms with Gasteiger partial charge in [0.15, 0.2) is 44.2 Å². The molecule has 12 aromatic rings. The van der Waals surface area contributed by atoms with Gasteiger partial charge >= 0.3 is 5.97 Å². The fourth-order valence-corrected chi connectivity index (χ4v) is 20.5. The van der Waals surface area contributed by atoms with Gasteiger partial charge in [-0.25, -0.2) is 30.0 Å². The molecule has 4 aliphatic rings. The standard InChI is InChI=1S/C29H35ClN4O4.2C21H22N4O4S.C20H21N3O4S2/c1-5-38-29(37)25-26(32-15-17-33(18-16-32)27(35)21-8-10-22(30)11-9-21)23-19-20(2)7-12-24(23)34(28(25)36)14-6-13-31(3)4;1-23-17-8-4-3-7-16(17)18(19(21(23)27)30(2,28)29)24-10-12-25(13-11-24)20(26)15-6-5-9-22-14-15;1-23-17-6-4-3-5-16(17)18(19(21(23)27)30(2,28)29)24-11-13-25(14-12-24)20(26)15-7-9-22-10-8-15;1-21-16-6-4-3-5-15(16)17(18(20(21)25)29(2,26)27)22-8-10-23(11-9-22)19(24)14-7-12-28-13-14/h7-12,19H,5-6,13-18H2,1-4H3;3-9,14H,10-13H2,1-2H3;3-10H,11-14H2,1-2H3;3-7,12-13H,8-11H2,1-2H3. The fraction of sp³-hybridized carbons (Fsp3) is 0.330. The van der Waals surface area contributed by atoms with Crippen LogP contribution in [0.5, 0.6) is 0 Å². The smallest absolute Gasteiger partial charge is 0.345 e. The molecule has 5 aromatic carbocycles. The molecule has 4 saturated heterocycles. The summed E-state index contributed by atoms with van der Waals surface area (Å²) in [4.78, 5) is 141. The van der Waals surface area contributed by atoms with Crippen molar-refractivity contribution in [2.24, 2.45) is 21.1 Å². The Bertz CT molecular complexity index is 6600. The number of amides is 4. The lowest BCUT2D eigenvalue weighted by Gasteiger charge is -2.37. The van der Waals surface area contributed by atoms with E-state index in [0.717, 1.165) is 48.2 Å². The molecule has 0 aliphatic carbocycles. The zero-order valence-electron chi connectivity index (χ0n) is 72.2. The van der Waals surface area contributed by atoms with Crippen molar-refractivity contribution in [1.29, 1.82) is 0 Å². The molecule has 0 radical (unpaired) electrons. The van der Waals surface area contributed by atoms with Gasteiger partial charge in [-0.05, 0) is 131 Å². The zero-order valence-corrected chi connectivity index (χ0v) is 76.2. The molecular weight excluding hydrogens is 1720 g/mol. The number of carbonyl (C=O) groups excluding carboxylic acids is 5. The predicted octanol–water partition coefficient (Wildman–Crippen LogP) is 8.62. The minimum atomic E-state index is -3.76. The number of anilines is 4. The Morgan fingerprint density at radius 3 is 1.20 bits per heavy atom. The number of carbonyl (C=O) groups is 5. The second kappa shape index (κ2) is 39.2. The van der Waals surface area contributed by atoms with Crippen LogP contribution in [0.1, 0.15) is 70.7 Å². The Morgan fingerprint density at radius 2 is 0.827 bits per heavy atom. The van der Waals surface area contributed by atoms with Gasteiger partial charge in [0.1, 0.15) is 5.56 Å². The van der Waals surface area contributed by atoms with Gasteiger partial charge in [0.2, 0.25) is 0 Å². The van der Waals surface area contributed by atoms with E-state index in [1.807, 2.05) is 130 Å². The van der Waals surface area contributed by atoms with Crippen molar-refractivity contribution in [3.05, 3.63) is 261 Å². The third kappa shape index (κ3) is 20.1. The first-order chi connectivity index (χ1) is 60.6. The van der Waals surface area contributed by atoms with Crippen LogP contribution in [0.4, 0.5) is 22.7 Å². The third-order valence-electron chi connectivity index (χ3n) is 22.9. The highest BCUT2D eigenvalue weighted by Gasteiger charge is 2.36. The maximum Gasteiger partial charge on any atom is 0.345 e. The van der Waals surface area contributed by atoms with Gasteiger partial charge in [-0.1, -0.05) is 77.8 Å². The van der Waals surface area contributed by atoms with Gasteiger partial charge in [0.25, 0.3) is 45.9 Å². The van der Waals surface area contributed by atoms with Gasteiger partial charge < -0.3 is 67.1 Å². The minimum Gasteiger partial charge on any atom is -0.462 e. The summed E-state index contributed by atoms with van der Waals surface area (Å²) in [6, 6.07) is 43.2. The van der Waals surface area contributed by atoms with Crippen LogP contribution in [0.3, 0.4) is 0 Å². The second-order valence-electron chi connectivity index (χ2n) is 31.7. The third-order valence-corrected chi connectivity index (χ3v) is 27.2. The number of hydrogen-bond donors (Lipinski definition) is 0. The molecule has 4 amide bonds. The summed E-state index contributed by atoms with van der Waals surface area (Å²) in [6.45, 7) is 12.3. The Morgan fingerprint density at radius 1 is 0.433 bits per heavy atom. The molecule has 0 N–H and O–H groups in total. The van der Waals surface area contributed by atoms with Gasteiger partial charge in [0.05, 0.1) is 62.6 Å². The number of hydrogen-bond acceptors (Lipinski definition) is 24. The molecule has 0 unspecified atom stereocenters. The normalized spacial score (nSPS) is 14.6. The van der Waals surface area contributed by atoms with Crippen LogP contribution >= 0.6 is 22.9 Å². The molecule has 31 nitrogen and oxygen atoms in total. The number of thiophene rings is 1. The number of para-hydroxylation sites is 3. The maximum absolute atomic E-state index is 13.9. The predicted molar refractivity (Wildman–Crippen MR) is 496 cm³/mol. The van der Waals surface area contributed by atoms with Crippen LogP contribution in [0.2, 0.25) is 5.02 Å². The number of halogens is 1. The largest absolute Gasteiger partial charge is 0.462 e. The van der Waals surface area contributed by atoms with Gasteiger partial charge in [-0.3, -0.25) is 48.3 Å². The first-order valence-corrected chi connectivity index (χ1v) is 48.3. The molecule has 11 heterocycles. The number of ether oxygens (including phenoxy) is 1. The Kier molecular flexibility index (Phi) is 28.5. The monoisotopic (exact) mass is 1820 g/mol. The van der Waals surface area contributed by atoms with Crippen LogP contribution in [-0.2, 0) is 61.9 Å². The number of pyridine rings is 6. The number of sulfone groups is 3. The van der Waals surface area contributed by atoms with E-state index >= 15 is 0 Å². The van der Waals surface area contributed by atoms with E-state index in [-0.39, 0.29) is 56.0 Å². The summed E-state index contributed by atoms with van der Waals surface area (Å²) in [7, 11) is -2.55. The topological polar surface area (TPSA) is 340 Å². The molecule has 4 aliphatic heterocycles. The Labute approximate surface area is 744 Å². The lowest BCUT2D eigenvalue weighted by Crippen LogP contribution is -2.49. The van der Waals surface area contributed by atoms with Crippen molar-refractivity contribution < 1.29 is 54.0 Å². The van der Waals surface area contributed by atoms with Crippen LogP contribution in [0.25, 0.3) is 43.6 Å². The summed E-state index contributed by atoms with van der Waals surface area (Å²) in [6.07, 6.45) is 10.3. The Hall–Kier alpha value is -12.4. The fourth-order valence-electron chi connectivity index (χ4n) is 16.6. The van der Waals surface area contributed by atoms with Crippen molar-refractivity contribution in [2.45, 2.75) is 41.5 Å². The molecule has 127 heavy (non-hydrogen) atoms. The summed E-state index contributed by atoms with van der Waals surface area (Å²) in [5, 5.41) is 7.23. The van der Waals surface area contributed by atoms with E-state index in [2.05, 4.69) is 14.9 Å². The van der Waals surface area contributed by atoms with Crippen LogP contribution < -0.4 is 41.8 Å². The van der Waals surface area contributed by atoms with Crippen molar-refractivity contribution in [3.8, 4) is 0 Å². The van der Waals surface area contributed by atoms with Crippen LogP contribution in [-0.4, -0.2) is 258 Å². The Balaban J connectivity index is 0.000000146. The minimum absolute atomic E-state index is 0.0249. The molecular formula is C91H100ClN15O16S4. The molecule has 0 bridgehead atoms. The first kappa shape index (κ1) is 92.3. The lowest BCUT2D eigenvalue weighted by atomic mass is 10.0. The summed E-state index contributed by atoms with van der Waals surface area (Å²) in [5.41, 5.74) is 6.15. The van der Waals surface area contributed by atoms with Crippen molar-refractivity contribution in [2.75, 3.05) is 170 Å². The van der Waals surface area contributed by atoms with E-state index < -0.39 is 52.2 Å². The van der Waals surface area contributed by atoms with Gasteiger partial charge in [0, 0.05) is 219 Å². The average molecular weight is 1820 g/mol. The van der Waals surface area contributed by atoms with Gasteiger partial charge in [-0.15, -0.1) is 0 Å². The molecule has 7 aromatic heterocycles. The molecule has 36 heteroatoms. The first-order valence-electron chi connectivity index (χ1n) is 41.3. The van der Waals surface area contributed by atoms with Gasteiger partial charge in [-0.2, -0.15) is 11.3 Å². The number of aromatic nitrogens is 6. The number of rotatable bonds is 17. The maximum atomic E-state index is 13.9. The van der Waals surface area contributed by atoms with E-state index in [1.165, 1.54) is 31.2 Å². The summed E-state index contributed by atoms with van der Waals surface area (Å²) in [5.74, 6) is -0.905. The molecule has 4 fully saturated rings.